The van der Waals surface area contributed by atoms with Gasteiger partial charge in [0.05, 0.1) is 35.8 Å². The van der Waals surface area contributed by atoms with Gasteiger partial charge in [-0.2, -0.15) is 0 Å². The molecule has 200 valence electrons. The van der Waals surface area contributed by atoms with Crippen LogP contribution in [-0.4, -0.2) is 61.7 Å². The molecule has 4 aromatic rings. The van der Waals surface area contributed by atoms with Crippen LogP contribution in [0.4, 0.5) is 20.2 Å². The molecule has 0 spiro atoms. The van der Waals surface area contributed by atoms with Crippen molar-refractivity contribution in [3.63, 3.8) is 0 Å². The van der Waals surface area contributed by atoms with Crippen molar-refractivity contribution >= 4 is 28.5 Å². The third-order valence-electron chi connectivity index (χ3n) is 7.36. The topological polar surface area (TPSA) is 97.9 Å². The quantitative estimate of drug-likeness (QED) is 0.292. The fourth-order valence-electron chi connectivity index (χ4n) is 5.51. The van der Waals surface area contributed by atoms with Crippen molar-refractivity contribution in [2.75, 3.05) is 44.0 Å². The Morgan fingerprint density at radius 1 is 1.10 bits per heavy atom. The first-order valence-corrected chi connectivity index (χ1v) is 12.8. The van der Waals surface area contributed by atoms with Gasteiger partial charge >= 0.3 is 0 Å². The number of aromatic nitrogens is 2. The lowest BCUT2D eigenvalue weighted by atomic mass is 9.94. The van der Waals surface area contributed by atoms with E-state index in [4.69, 9.17) is 15.3 Å². The number of morpholine rings is 1. The maximum Gasteiger partial charge on any atom is 0.126 e. The molecule has 2 aromatic carbocycles. The van der Waals surface area contributed by atoms with Crippen molar-refractivity contribution in [3.8, 4) is 22.3 Å². The number of anilines is 2. The molecule has 2 unspecified atom stereocenters. The number of piperidine rings is 1. The van der Waals surface area contributed by atoms with E-state index in [9.17, 15) is 8.78 Å². The number of pyridine rings is 2. The number of nitrogen functional groups attached to an aromatic ring is 1. The molecule has 0 bridgehead atoms. The zero-order valence-corrected chi connectivity index (χ0v) is 21.4. The van der Waals surface area contributed by atoms with Gasteiger partial charge in [0.2, 0.25) is 0 Å². The third kappa shape index (κ3) is 4.88. The standard InChI is InChI=1S/C29H28F2N6O2/c1-38-36-13-19-12-33-14-23(28(19)32)17-2-3-25-22(10-17)29(37-6-4-26-27(16-37)39-7-5-34-26)24(15-35-25)18-8-20(30)11-21(31)9-18/h2-3,8-15,26-27,34H,4-7,16H2,1H3,(H2,32,33). The molecule has 10 heteroatoms. The summed E-state index contributed by atoms with van der Waals surface area (Å²) in [5, 5.41) is 8.20. The number of hydrogen-bond acceptors (Lipinski definition) is 8. The molecule has 2 aromatic heterocycles. The van der Waals surface area contributed by atoms with Crippen molar-refractivity contribution in [2.24, 2.45) is 5.16 Å². The fourth-order valence-corrected chi connectivity index (χ4v) is 5.51. The average Bonchev–Trinajstić information content (AvgIpc) is 2.95. The lowest BCUT2D eigenvalue weighted by molar-refractivity contribution is -0.00896. The summed E-state index contributed by atoms with van der Waals surface area (Å²) in [6, 6.07) is 9.69. The molecule has 6 rings (SSSR count). The van der Waals surface area contributed by atoms with Gasteiger partial charge in [-0.1, -0.05) is 11.2 Å². The van der Waals surface area contributed by atoms with E-state index < -0.39 is 11.6 Å². The summed E-state index contributed by atoms with van der Waals surface area (Å²) in [5.74, 6) is -1.28. The summed E-state index contributed by atoms with van der Waals surface area (Å²) in [7, 11) is 1.46. The Hall–Kier alpha value is -4.15. The summed E-state index contributed by atoms with van der Waals surface area (Å²) in [6.45, 7) is 2.87. The molecule has 2 fully saturated rings. The van der Waals surface area contributed by atoms with Gasteiger partial charge < -0.3 is 25.5 Å². The molecule has 2 aliphatic heterocycles. The second-order valence-electron chi connectivity index (χ2n) is 9.72. The molecule has 2 atom stereocenters. The lowest BCUT2D eigenvalue weighted by Crippen LogP contribution is -2.57. The number of nitrogens with one attached hydrogen (secondary N) is 1. The maximum absolute atomic E-state index is 14.3. The predicted molar refractivity (Wildman–Crippen MR) is 148 cm³/mol. The number of rotatable bonds is 5. The summed E-state index contributed by atoms with van der Waals surface area (Å²) in [6.07, 6.45) is 7.41. The minimum absolute atomic E-state index is 0.00703. The van der Waals surface area contributed by atoms with Crippen LogP contribution in [0.3, 0.4) is 0 Å². The Morgan fingerprint density at radius 2 is 1.95 bits per heavy atom. The number of nitrogens with zero attached hydrogens (tertiary/aromatic N) is 4. The maximum atomic E-state index is 14.3. The minimum atomic E-state index is -0.642. The Kier molecular flexibility index (Phi) is 6.80. The van der Waals surface area contributed by atoms with Gasteiger partial charge in [-0.05, 0) is 41.8 Å². The number of oxime groups is 1. The lowest BCUT2D eigenvalue weighted by Gasteiger charge is -2.43. The van der Waals surface area contributed by atoms with Crippen LogP contribution in [0.25, 0.3) is 33.2 Å². The number of fused-ring (bicyclic) bond motifs is 2. The van der Waals surface area contributed by atoms with Gasteiger partial charge in [0.15, 0.2) is 0 Å². The molecule has 39 heavy (non-hydrogen) atoms. The molecule has 8 nitrogen and oxygen atoms in total. The van der Waals surface area contributed by atoms with Gasteiger partial charge in [0.1, 0.15) is 18.7 Å². The van der Waals surface area contributed by atoms with Crippen LogP contribution in [0.2, 0.25) is 0 Å². The van der Waals surface area contributed by atoms with E-state index in [1.807, 2.05) is 18.2 Å². The summed E-state index contributed by atoms with van der Waals surface area (Å²) in [5.41, 5.74) is 11.8. The molecular weight excluding hydrogens is 502 g/mol. The smallest absolute Gasteiger partial charge is 0.126 e. The van der Waals surface area contributed by atoms with E-state index >= 15 is 0 Å². The first-order valence-electron chi connectivity index (χ1n) is 12.8. The Morgan fingerprint density at radius 3 is 2.77 bits per heavy atom. The highest BCUT2D eigenvalue weighted by molar-refractivity contribution is 6.03. The number of benzene rings is 2. The number of ether oxygens (including phenoxy) is 1. The predicted octanol–water partition coefficient (Wildman–Crippen LogP) is 4.37. The third-order valence-corrected chi connectivity index (χ3v) is 7.36. The van der Waals surface area contributed by atoms with Crippen LogP contribution in [0, 0.1) is 11.6 Å². The summed E-state index contributed by atoms with van der Waals surface area (Å²) in [4.78, 5) is 16.0. The molecule has 4 heterocycles. The van der Waals surface area contributed by atoms with Crippen molar-refractivity contribution in [1.82, 2.24) is 15.3 Å². The molecular formula is C29H28F2N6O2. The molecule has 0 aliphatic carbocycles. The SMILES string of the molecule is CON=Cc1cncc(-c2ccc3ncc(-c4cc(F)cc(F)c4)c(N4CCC5NCCOC5C4)c3c2)c1N. The summed E-state index contributed by atoms with van der Waals surface area (Å²) >= 11 is 0. The molecule has 0 amide bonds. The number of nitrogens with two attached hydrogens (primary N) is 1. The van der Waals surface area contributed by atoms with E-state index in [1.165, 1.54) is 25.5 Å². The molecule has 2 aliphatic rings. The van der Waals surface area contributed by atoms with Crippen molar-refractivity contribution in [1.29, 1.82) is 0 Å². The molecule has 3 N–H and O–H groups in total. The highest BCUT2D eigenvalue weighted by Crippen LogP contribution is 2.41. The van der Waals surface area contributed by atoms with Crippen LogP contribution in [0.1, 0.15) is 12.0 Å². The van der Waals surface area contributed by atoms with Gasteiger partial charge in [0.25, 0.3) is 0 Å². The Balaban J connectivity index is 1.53. The first kappa shape index (κ1) is 25.1. The van der Waals surface area contributed by atoms with E-state index in [2.05, 4.69) is 25.3 Å². The van der Waals surface area contributed by atoms with Gasteiger partial charge in [-0.25, -0.2) is 8.78 Å². The molecule has 0 saturated carbocycles. The second kappa shape index (κ2) is 10.5. The monoisotopic (exact) mass is 530 g/mol. The average molecular weight is 531 g/mol. The van der Waals surface area contributed by atoms with Crippen LogP contribution in [0.15, 0.2) is 60.1 Å². The van der Waals surface area contributed by atoms with Crippen LogP contribution in [0.5, 0.6) is 0 Å². The van der Waals surface area contributed by atoms with Gasteiger partial charge in [-0.3, -0.25) is 9.97 Å². The molecule has 0 radical (unpaired) electrons. The molecule has 2 saturated heterocycles. The normalized spacial score (nSPS) is 19.4. The highest BCUT2D eigenvalue weighted by atomic mass is 19.1. The van der Waals surface area contributed by atoms with Crippen LogP contribution >= 0.6 is 0 Å². The van der Waals surface area contributed by atoms with Crippen LogP contribution in [-0.2, 0) is 9.57 Å². The van der Waals surface area contributed by atoms with Gasteiger partial charge in [0, 0.05) is 72.4 Å². The fraction of sp³-hybridized carbons (Fsp3) is 0.276. The van der Waals surface area contributed by atoms with E-state index in [0.717, 1.165) is 53.3 Å². The van der Waals surface area contributed by atoms with Crippen molar-refractivity contribution in [3.05, 3.63) is 72.2 Å². The summed E-state index contributed by atoms with van der Waals surface area (Å²) < 4.78 is 34.8. The van der Waals surface area contributed by atoms with Crippen molar-refractivity contribution < 1.29 is 18.4 Å². The largest absolute Gasteiger partial charge is 0.399 e. The van der Waals surface area contributed by atoms with E-state index in [0.29, 0.717) is 35.5 Å². The minimum Gasteiger partial charge on any atom is -0.399 e. The van der Waals surface area contributed by atoms with Gasteiger partial charge in [-0.15, -0.1) is 0 Å². The van der Waals surface area contributed by atoms with E-state index in [1.54, 1.807) is 18.6 Å². The number of hydrogen-bond donors (Lipinski definition) is 2. The first-order chi connectivity index (χ1) is 19.0. The van der Waals surface area contributed by atoms with Crippen LogP contribution < -0.4 is 16.0 Å². The van der Waals surface area contributed by atoms with Crippen molar-refractivity contribution in [2.45, 2.75) is 18.6 Å². The Bertz CT molecular complexity index is 1540. The Labute approximate surface area is 224 Å². The second-order valence-corrected chi connectivity index (χ2v) is 9.72. The zero-order chi connectivity index (χ0) is 26.9. The number of halogens is 2. The zero-order valence-electron chi connectivity index (χ0n) is 21.4. The highest BCUT2D eigenvalue weighted by Gasteiger charge is 2.33. The van der Waals surface area contributed by atoms with E-state index in [-0.39, 0.29) is 12.1 Å².